The Morgan fingerprint density at radius 1 is 1.21 bits per heavy atom. The zero-order chi connectivity index (χ0) is 24.1. The van der Waals surface area contributed by atoms with Crippen molar-refractivity contribution >= 4 is 27.5 Å². The van der Waals surface area contributed by atoms with E-state index in [2.05, 4.69) is 9.97 Å². The monoisotopic (exact) mass is 453 g/mol. The van der Waals surface area contributed by atoms with Crippen molar-refractivity contribution in [2.24, 2.45) is 0 Å². The number of benzene rings is 2. The second-order valence-corrected chi connectivity index (χ2v) is 8.60. The number of phenols is 1. The molecular weight excluding hydrogens is 429 g/mol. The summed E-state index contributed by atoms with van der Waals surface area (Å²) in [7, 11) is 3.08. The number of methoxy groups -OCH3 is 1. The van der Waals surface area contributed by atoms with Gasteiger partial charge in [0.25, 0.3) is 0 Å². The molecular formula is C24H24FN3O5. The quantitative estimate of drug-likeness (QED) is 0.470. The summed E-state index contributed by atoms with van der Waals surface area (Å²) in [6.07, 6.45) is 0. The van der Waals surface area contributed by atoms with E-state index in [-0.39, 0.29) is 51.7 Å². The number of hydrogen-bond acceptors (Lipinski definition) is 8. The van der Waals surface area contributed by atoms with Crippen molar-refractivity contribution in [3.8, 4) is 23.1 Å². The molecule has 2 aromatic carbocycles. The van der Waals surface area contributed by atoms with E-state index < -0.39 is 17.0 Å². The Morgan fingerprint density at radius 3 is 2.61 bits per heavy atom. The van der Waals surface area contributed by atoms with Crippen LogP contribution in [0.25, 0.3) is 33.0 Å². The Kier molecular flexibility index (Phi) is 5.45. The highest BCUT2D eigenvalue weighted by molar-refractivity contribution is 6.00. The number of likely N-dealkylation sites (N-methyl/N-ethyl adjacent to an activating group) is 1. The molecule has 0 saturated carbocycles. The molecule has 0 aliphatic heterocycles. The van der Waals surface area contributed by atoms with Crippen LogP contribution in [0, 0.1) is 12.7 Å². The number of phenolic OH excluding ortho intramolecular Hbond substituents is 1. The SMILES string of the molecule is COc1nc(N(C)CC(C)(C)O)c2c(=O)oc(-c3cc(O)cc4cccc(F)c34)c(C)c2n1. The number of aromatic nitrogens is 2. The number of anilines is 1. The molecule has 0 bridgehead atoms. The lowest BCUT2D eigenvalue weighted by Crippen LogP contribution is -2.37. The summed E-state index contributed by atoms with van der Waals surface area (Å²) >= 11 is 0. The van der Waals surface area contributed by atoms with Crippen molar-refractivity contribution in [1.29, 1.82) is 0 Å². The molecule has 33 heavy (non-hydrogen) atoms. The number of halogens is 1. The second-order valence-electron chi connectivity index (χ2n) is 8.60. The third-order valence-electron chi connectivity index (χ3n) is 5.29. The Balaban J connectivity index is 2.07. The van der Waals surface area contributed by atoms with E-state index in [4.69, 9.17) is 9.15 Å². The van der Waals surface area contributed by atoms with E-state index >= 15 is 0 Å². The fourth-order valence-electron chi connectivity index (χ4n) is 4.04. The summed E-state index contributed by atoms with van der Waals surface area (Å²) in [5.41, 5.74) is -0.869. The van der Waals surface area contributed by atoms with Crippen LogP contribution in [0.15, 0.2) is 39.5 Å². The molecule has 4 aromatic rings. The standard InChI is InChI=1S/C24H24FN3O5/c1-12-19-18(21(27-23(26-19)32-5)28(4)11-24(2,3)31)22(30)33-20(12)15-10-14(29)9-13-7-6-8-16(25)17(13)15/h6-10,29,31H,11H2,1-5H3. The summed E-state index contributed by atoms with van der Waals surface area (Å²) in [4.78, 5) is 23.5. The summed E-state index contributed by atoms with van der Waals surface area (Å²) in [5, 5.41) is 21.2. The highest BCUT2D eigenvalue weighted by atomic mass is 19.1. The molecule has 172 valence electrons. The first-order chi connectivity index (χ1) is 15.5. The highest BCUT2D eigenvalue weighted by Crippen LogP contribution is 2.38. The van der Waals surface area contributed by atoms with Gasteiger partial charge in [-0.3, -0.25) is 0 Å². The van der Waals surface area contributed by atoms with Crippen LogP contribution in [0.4, 0.5) is 10.2 Å². The molecule has 0 saturated heterocycles. The van der Waals surface area contributed by atoms with Gasteiger partial charge in [-0.05, 0) is 44.4 Å². The fraction of sp³-hybridized carbons (Fsp3) is 0.292. The molecule has 0 aliphatic rings. The Bertz CT molecular complexity index is 1440. The van der Waals surface area contributed by atoms with E-state index in [1.165, 1.54) is 31.4 Å². The Morgan fingerprint density at radius 2 is 1.94 bits per heavy atom. The predicted octanol–water partition coefficient (Wildman–Crippen LogP) is 3.77. The van der Waals surface area contributed by atoms with Crippen LogP contribution in [-0.2, 0) is 0 Å². The third-order valence-corrected chi connectivity index (χ3v) is 5.29. The smallest absolute Gasteiger partial charge is 0.349 e. The van der Waals surface area contributed by atoms with Gasteiger partial charge in [-0.1, -0.05) is 12.1 Å². The molecule has 0 radical (unpaired) electrons. The number of rotatable bonds is 5. The van der Waals surface area contributed by atoms with E-state index in [0.717, 1.165) is 0 Å². The van der Waals surface area contributed by atoms with Crippen molar-refractivity contribution in [2.45, 2.75) is 26.4 Å². The first-order valence-corrected chi connectivity index (χ1v) is 10.2. The number of fused-ring (bicyclic) bond motifs is 2. The fourth-order valence-corrected chi connectivity index (χ4v) is 4.04. The van der Waals surface area contributed by atoms with Gasteiger partial charge < -0.3 is 24.3 Å². The van der Waals surface area contributed by atoms with Gasteiger partial charge in [0, 0.05) is 30.1 Å². The lowest BCUT2D eigenvalue weighted by atomic mass is 9.98. The normalized spacial score (nSPS) is 11.8. The van der Waals surface area contributed by atoms with Crippen LogP contribution in [0.3, 0.4) is 0 Å². The van der Waals surface area contributed by atoms with Crippen molar-refractivity contribution in [3.63, 3.8) is 0 Å². The number of aryl methyl sites for hydroxylation is 1. The number of nitrogens with zero attached hydrogens (tertiary/aromatic N) is 3. The van der Waals surface area contributed by atoms with Gasteiger partial charge in [-0.25, -0.2) is 9.18 Å². The van der Waals surface area contributed by atoms with Crippen LogP contribution >= 0.6 is 0 Å². The summed E-state index contributed by atoms with van der Waals surface area (Å²) < 4.78 is 25.7. The van der Waals surface area contributed by atoms with Gasteiger partial charge in [0.1, 0.15) is 22.7 Å². The molecule has 4 rings (SSSR count). The minimum atomic E-state index is -1.06. The summed E-state index contributed by atoms with van der Waals surface area (Å²) in [6.45, 7) is 5.13. The molecule has 2 aromatic heterocycles. The summed E-state index contributed by atoms with van der Waals surface area (Å²) in [5.74, 6) is -0.309. The van der Waals surface area contributed by atoms with Gasteiger partial charge in [0.05, 0.1) is 18.2 Å². The van der Waals surface area contributed by atoms with E-state index in [1.54, 1.807) is 38.8 Å². The molecule has 2 N–H and O–H groups in total. The third kappa shape index (κ3) is 4.07. The molecule has 0 fully saturated rings. The van der Waals surface area contributed by atoms with Gasteiger partial charge in [-0.15, -0.1) is 0 Å². The maximum Gasteiger partial charge on any atom is 0.349 e. The Hall–Kier alpha value is -3.72. The summed E-state index contributed by atoms with van der Waals surface area (Å²) in [6, 6.07) is 7.30. The molecule has 0 atom stereocenters. The molecule has 0 unspecified atom stereocenters. The minimum absolute atomic E-state index is 0.0201. The first kappa shape index (κ1) is 22.5. The maximum atomic E-state index is 14.8. The van der Waals surface area contributed by atoms with E-state index in [9.17, 15) is 19.4 Å². The van der Waals surface area contributed by atoms with Crippen LogP contribution in [-0.4, -0.2) is 46.5 Å². The van der Waals surface area contributed by atoms with Gasteiger partial charge in [0.15, 0.2) is 5.82 Å². The van der Waals surface area contributed by atoms with Gasteiger partial charge in [0.2, 0.25) is 0 Å². The van der Waals surface area contributed by atoms with Crippen LogP contribution in [0.1, 0.15) is 19.4 Å². The van der Waals surface area contributed by atoms with Crippen molar-refractivity contribution < 1.29 is 23.8 Å². The van der Waals surface area contributed by atoms with Crippen molar-refractivity contribution in [1.82, 2.24) is 9.97 Å². The van der Waals surface area contributed by atoms with Crippen molar-refractivity contribution in [3.05, 3.63) is 52.1 Å². The highest BCUT2D eigenvalue weighted by Gasteiger charge is 2.25. The molecule has 0 amide bonds. The van der Waals surface area contributed by atoms with Crippen LogP contribution in [0.5, 0.6) is 11.8 Å². The van der Waals surface area contributed by atoms with Gasteiger partial charge >= 0.3 is 11.6 Å². The zero-order valence-electron chi connectivity index (χ0n) is 18.9. The number of hydrogen-bond donors (Lipinski definition) is 2. The lowest BCUT2D eigenvalue weighted by Gasteiger charge is -2.27. The molecule has 2 heterocycles. The minimum Gasteiger partial charge on any atom is -0.508 e. The molecule has 8 nitrogen and oxygen atoms in total. The second kappa shape index (κ2) is 8.00. The van der Waals surface area contributed by atoms with Crippen LogP contribution in [0.2, 0.25) is 0 Å². The van der Waals surface area contributed by atoms with E-state index in [0.29, 0.717) is 10.9 Å². The predicted molar refractivity (Wildman–Crippen MR) is 123 cm³/mol. The largest absolute Gasteiger partial charge is 0.508 e. The average Bonchev–Trinajstić information content (AvgIpc) is 2.73. The zero-order valence-corrected chi connectivity index (χ0v) is 18.9. The van der Waals surface area contributed by atoms with Gasteiger partial charge in [-0.2, -0.15) is 9.97 Å². The number of ether oxygens (including phenoxy) is 1. The topological polar surface area (TPSA) is 109 Å². The molecule has 0 spiro atoms. The lowest BCUT2D eigenvalue weighted by molar-refractivity contribution is 0.0884. The van der Waals surface area contributed by atoms with Crippen LogP contribution < -0.4 is 15.3 Å². The Labute approximate surface area is 188 Å². The number of aromatic hydroxyl groups is 1. The molecule has 0 aliphatic carbocycles. The first-order valence-electron chi connectivity index (χ1n) is 10.2. The average molecular weight is 453 g/mol. The molecule has 9 heteroatoms. The number of aliphatic hydroxyl groups is 1. The van der Waals surface area contributed by atoms with Crippen molar-refractivity contribution in [2.75, 3.05) is 25.6 Å². The maximum absolute atomic E-state index is 14.8. The van der Waals surface area contributed by atoms with E-state index in [1.807, 2.05) is 0 Å².